The van der Waals surface area contributed by atoms with Crippen molar-refractivity contribution in [1.29, 1.82) is 0 Å². The number of carbonyl (C=O) groups is 2. The predicted molar refractivity (Wildman–Crippen MR) is 95.2 cm³/mol. The summed E-state index contributed by atoms with van der Waals surface area (Å²) in [6, 6.07) is 12.4. The molecule has 0 radical (unpaired) electrons. The maximum Gasteiger partial charge on any atom is 0.261 e. The normalized spacial score (nSPS) is 13.0. The summed E-state index contributed by atoms with van der Waals surface area (Å²) in [5, 5.41) is 5.50. The summed E-state index contributed by atoms with van der Waals surface area (Å²) in [7, 11) is 0. The Bertz CT molecular complexity index is 804. The van der Waals surface area contributed by atoms with Crippen molar-refractivity contribution in [3.05, 3.63) is 48.0 Å². The quantitative estimate of drug-likeness (QED) is 0.830. The summed E-state index contributed by atoms with van der Waals surface area (Å²) in [5.74, 6) is 1.56. The maximum atomic E-state index is 12.2. The molecule has 2 aromatic rings. The van der Waals surface area contributed by atoms with Crippen LogP contribution in [0.1, 0.15) is 19.4 Å². The standard InChI is InChI=1S/C19H20N2O5/c1-12(26-16-6-4-15(5-7-16)21-13(2)22)19(23)20-10-14-3-8-17-18(9-14)25-11-24-17/h3-9,12H,10-11H2,1-2H3,(H,20,23)(H,21,22)/t12-/m0/s1. The van der Waals surface area contributed by atoms with Gasteiger partial charge >= 0.3 is 0 Å². The highest BCUT2D eigenvalue weighted by Gasteiger charge is 2.16. The van der Waals surface area contributed by atoms with Crippen LogP contribution >= 0.6 is 0 Å². The van der Waals surface area contributed by atoms with Gasteiger partial charge in [0, 0.05) is 19.2 Å². The van der Waals surface area contributed by atoms with Crippen LogP contribution in [0.4, 0.5) is 5.69 Å². The largest absolute Gasteiger partial charge is 0.481 e. The highest BCUT2D eigenvalue weighted by atomic mass is 16.7. The Hall–Kier alpha value is -3.22. The van der Waals surface area contributed by atoms with E-state index in [0.717, 1.165) is 5.56 Å². The molecule has 0 spiro atoms. The average Bonchev–Trinajstić information content (AvgIpc) is 3.08. The summed E-state index contributed by atoms with van der Waals surface area (Å²) < 4.78 is 16.2. The first-order chi connectivity index (χ1) is 12.5. The van der Waals surface area contributed by atoms with E-state index in [0.29, 0.717) is 29.5 Å². The third kappa shape index (κ3) is 4.44. The number of ether oxygens (including phenoxy) is 3. The minimum atomic E-state index is -0.657. The van der Waals surface area contributed by atoms with Gasteiger partial charge in [-0.1, -0.05) is 6.07 Å². The van der Waals surface area contributed by atoms with Crippen molar-refractivity contribution in [3.63, 3.8) is 0 Å². The molecule has 0 bridgehead atoms. The minimum Gasteiger partial charge on any atom is -0.481 e. The average molecular weight is 356 g/mol. The second kappa shape index (κ2) is 7.77. The zero-order valence-electron chi connectivity index (χ0n) is 14.6. The monoisotopic (exact) mass is 356 g/mol. The van der Waals surface area contributed by atoms with Gasteiger partial charge in [-0.3, -0.25) is 9.59 Å². The Labute approximate surface area is 151 Å². The van der Waals surface area contributed by atoms with E-state index in [1.54, 1.807) is 31.2 Å². The topological polar surface area (TPSA) is 85.9 Å². The van der Waals surface area contributed by atoms with Crippen LogP contribution in [0.3, 0.4) is 0 Å². The van der Waals surface area contributed by atoms with Gasteiger partial charge in [0.25, 0.3) is 5.91 Å². The Morgan fingerprint density at radius 2 is 1.85 bits per heavy atom. The van der Waals surface area contributed by atoms with E-state index in [2.05, 4.69) is 10.6 Å². The van der Waals surface area contributed by atoms with Gasteiger partial charge in [0.2, 0.25) is 12.7 Å². The van der Waals surface area contributed by atoms with E-state index in [-0.39, 0.29) is 18.6 Å². The number of anilines is 1. The fourth-order valence-corrected chi connectivity index (χ4v) is 2.46. The van der Waals surface area contributed by atoms with E-state index in [1.165, 1.54) is 6.92 Å². The fourth-order valence-electron chi connectivity index (χ4n) is 2.46. The van der Waals surface area contributed by atoms with Crippen LogP contribution in [0, 0.1) is 0 Å². The molecular weight excluding hydrogens is 336 g/mol. The van der Waals surface area contributed by atoms with Gasteiger partial charge in [-0.15, -0.1) is 0 Å². The Balaban J connectivity index is 1.50. The maximum absolute atomic E-state index is 12.2. The SMILES string of the molecule is CC(=O)Nc1ccc(O[C@@H](C)C(=O)NCc2ccc3c(c2)OCO3)cc1. The second-order valence-electron chi connectivity index (χ2n) is 5.87. The van der Waals surface area contributed by atoms with E-state index in [4.69, 9.17) is 14.2 Å². The number of amides is 2. The van der Waals surface area contributed by atoms with Gasteiger partial charge in [0.1, 0.15) is 5.75 Å². The first-order valence-corrected chi connectivity index (χ1v) is 8.22. The van der Waals surface area contributed by atoms with Crippen molar-refractivity contribution in [2.45, 2.75) is 26.5 Å². The molecule has 2 amide bonds. The van der Waals surface area contributed by atoms with Crippen molar-refractivity contribution < 1.29 is 23.8 Å². The third-order valence-corrected chi connectivity index (χ3v) is 3.76. The molecule has 2 aromatic carbocycles. The van der Waals surface area contributed by atoms with Crippen LogP contribution in [-0.2, 0) is 16.1 Å². The lowest BCUT2D eigenvalue weighted by Gasteiger charge is -2.15. The molecule has 0 aliphatic carbocycles. The summed E-state index contributed by atoms with van der Waals surface area (Å²) in [6.07, 6.45) is -0.657. The molecule has 2 N–H and O–H groups in total. The number of hydrogen-bond acceptors (Lipinski definition) is 5. The molecule has 0 aromatic heterocycles. The Morgan fingerprint density at radius 3 is 2.58 bits per heavy atom. The smallest absolute Gasteiger partial charge is 0.261 e. The van der Waals surface area contributed by atoms with Crippen molar-refractivity contribution in [2.24, 2.45) is 0 Å². The van der Waals surface area contributed by atoms with Gasteiger partial charge in [-0.2, -0.15) is 0 Å². The van der Waals surface area contributed by atoms with Gasteiger partial charge in [-0.25, -0.2) is 0 Å². The number of fused-ring (bicyclic) bond motifs is 1. The second-order valence-corrected chi connectivity index (χ2v) is 5.87. The van der Waals surface area contributed by atoms with Crippen molar-refractivity contribution in [2.75, 3.05) is 12.1 Å². The molecule has 7 heteroatoms. The van der Waals surface area contributed by atoms with E-state index in [9.17, 15) is 9.59 Å². The van der Waals surface area contributed by atoms with Crippen LogP contribution in [0.15, 0.2) is 42.5 Å². The van der Waals surface area contributed by atoms with Gasteiger partial charge in [0.15, 0.2) is 17.6 Å². The highest BCUT2D eigenvalue weighted by molar-refractivity contribution is 5.88. The first kappa shape index (κ1) is 17.6. The van der Waals surface area contributed by atoms with Crippen molar-refractivity contribution in [3.8, 4) is 17.2 Å². The zero-order chi connectivity index (χ0) is 18.5. The number of hydrogen-bond donors (Lipinski definition) is 2. The molecule has 3 rings (SSSR count). The van der Waals surface area contributed by atoms with E-state index >= 15 is 0 Å². The Kier molecular flexibility index (Phi) is 5.26. The lowest BCUT2D eigenvalue weighted by Crippen LogP contribution is -2.35. The number of benzene rings is 2. The van der Waals surface area contributed by atoms with E-state index in [1.807, 2.05) is 18.2 Å². The van der Waals surface area contributed by atoms with Crippen LogP contribution in [0.5, 0.6) is 17.2 Å². The highest BCUT2D eigenvalue weighted by Crippen LogP contribution is 2.32. The minimum absolute atomic E-state index is 0.144. The molecule has 1 aliphatic heterocycles. The first-order valence-electron chi connectivity index (χ1n) is 8.22. The zero-order valence-corrected chi connectivity index (χ0v) is 14.6. The third-order valence-electron chi connectivity index (χ3n) is 3.76. The Morgan fingerprint density at radius 1 is 1.12 bits per heavy atom. The molecule has 1 heterocycles. The molecule has 1 aliphatic rings. The summed E-state index contributed by atoms with van der Waals surface area (Å²) in [5.41, 5.74) is 1.58. The van der Waals surface area contributed by atoms with Crippen LogP contribution < -0.4 is 24.8 Å². The summed E-state index contributed by atoms with van der Waals surface area (Å²) in [4.78, 5) is 23.2. The molecule has 0 saturated carbocycles. The molecule has 0 saturated heterocycles. The number of nitrogens with one attached hydrogen (secondary N) is 2. The van der Waals surface area contributed by atoms with Crippen molar-refractivity contribution in [1.82, 2.24) is 5.32 Å². The molecule has 26 heavy (non-hydrogen) atoms. The van der Waals surface area contributed by atoms with E-state index < -0.39 is 6.10 Å². The van der Waals surface area contributed by atoms with Crippen LogP contribution in [0.25, 0.3) is 0 Å². The lowest BCUT2D eigenvalue weighted by atomic mass is 10.2. The summed E-state index contributed by atoms with van der Waals surface area (Å²) >= 11 is 0. The van der Waals surface area contributed by atoms with Gasteiger partial charge < -0.3 is 24.8 Å². The summed E-state index contributed by atoms with van der Waals surface area (Å²) in [6.45, 7) is 3.70. The van der Waals surface area contributed by atoms with Crippen molar-refractivity contribution >= 4 is 17.5 Å². The van der Waals surface area contributed by atoms with Gasteiger partial charge in [-0.05, 0) is 48.9 Å². The molecule has 0 unspecified atom stereocenters. The number of carbonyl (C=O) groups excluding carboxylic acids is 2. The predicted octanol–water partition coefficient (Wildman–Crippen LogP) is 2.46. The van der Waals surface area contributed by atoms with Crippen LogP contribution in [0.2, 0.25) is 0 Å². The molecule has 1 atom stereocenters. The fraction of sp³-hybridized carbons (Fsp3) is 0.263. The lowest BCUT2D eigenvalue weighted by molar-refractivity contribution is -0.127. The molecule has 7 nitrogen and oxygen atoms in total. The van der Waals surface area contributed by atoms with Crippen LogP contribution in [-0.4, -0.2) is 24.7 Å². The molecule has 0 fully saturated rings. The molecular formula is C19H20N2O5. The number of rotatable bonds is 6. The van der Waals surface area contributed by atoms with Gasteiger partial charge in [0.05, 0.1) is 0 Å². The molecule has 136 valence electrons.